The summed E-state index contributed by atoms with van der Waals surface area (Å²) in [6.07, 6.45) is 0.200. The van der Waals surface area contributed by atoms with Gasteiger partial charge in [-0.3, -0.25) is 0 Å². The molecule has 1 N–H and O–H groups in total. The highest BCUT2D eigenvalue weighted by atomic mass is 32.1. The molecule has 2 rings (SSSR count). The fourth-order valence-corrected chi connectivity index (χ4v) is 3.38. The predicted octanol–water partition coefficient (Wildman–Crippen LogP) is 4.58. The van der Waals surface area contributed by atoms with Crippen LogP contribution in [0, 0.1) is 6.92 Å². The molecule has 0 saturated carbocycles. The lowest BCUT2D eigenvalue weighted by atomic mass is 10.2. The van der Waals surface area contributed by atoms with E-state index in [1.807, 2.05) is 26.0 Å². The average molecular weight is 304 g/mol. The van der Waals surface area contributed by atoms with Crippen LogP contribution in [-0.2, 0) is 0 Å². The van der Waals surface area contributed by atoms with Crippen LogP contribution in [0.3, 0.4) is 0 Å². The van der Waals surface area contributed by atoms with E-state index in [1.54, 1.807) is 11.3 Å². The Balaban J connectivity index is 2.20. The van der Waals surface area contributed by atoms with Crippen molar-refractivity contribution in [1.29, 1.82) is 0 Å². The Kier molecular flexibility index (Phi) is 5.37. The van der Waals surface area contributed by atoms with Crippen molar-refractivity contribution in [2.45, 2.75) is 46.8 Å². The number of ether oxygens (including phenoxy) is 1. The molecule has 2 aromatic rings. The number of nitrogens with zero attached hydrogens (tertiary/aromatic N) is 1. The summed E-state index contributed by atoms with van der Waals surface area (Å²) in [5, 5.41) is 4.52. The van der Waals surface area contributed by atoms with Crippen LogP contribution >= 0.6 is 11.3 Å². The summed E-state index contributed by atoms with van der Waals surface area (Å²) in [5.41, 5.74) is 2.26. The zero-order chi connectivity index (χ0) is 15.4. The van der Waals surface area contributed by atoms with E-state index >= 15 is 0 Å². The highest BCUT2D eigenvalue weighted by molar-refractivity contribution is 7.15. The first kappa shape index (κ1) is 16.0. The summed E-state index contributed by atoms with van der Waals surface area (Å²) in [5.74, 6) is 0.906. The van der Waals surface area contributed by atoms with E-state index in [1.165, 1.54) is 4.88 Å². The fourth-order valence-electron chi connectivity index (χ4n) is 2.28. The maximum Gasteiger partial charge on any atom is 0.123 e. The molecule has 21 heavy (non-hydrogen) atoms. The highest BCUT2D eigenvalue weighted by Crippen LogP contribution is 2.32. The third-order valence-corrected chi connectivity index (χ3v) is 4.60. The topological polar surface area (TPSA) is 34.1 Å². The van der Waals surface area contributed by atoms with Crippen molar-refractivity contribution in [3.63, 3.8) is 0 Å². The van der Waals surface area contributed by atoms with E-state index in [9.17, 15) is 0 Å². The molecule has 1 unspecified atom stereocenters. The molecule has 0 saturated heterocycles. The predicted molar refractivity (Wildman–Crippen MR) is 90.1 cm³/mol. The summed E-state index contributed by atoms with van der Waals surface area (Å²) < 4.78 is 5.68. The van der Waals surface area contributed by atoms with Crippen LogP contribution in [0.4, 0.5) is 0 Å². The van der Waals surface area contributed by atoms with Crippen LogP contribution in [-0.4, -0.2) is 17.6 Å². The smallest absolute Gasteiger partial charge is 0.123 e. The number of hydrogen-bond donors (Lipinski definition) is 1. The van der Waals surface area contributed by atoms with Gasteiger partial charge in [0.05, 0.1) is 11.8 Å². The van der Waals surface area contributed by atoms with Gasteiger partial charge < -0.3 is 10.1 Å². The Morgan fingerprint density at radius 3 is 2.43 bits per heavy atom. The SMILES string of the molecule is CCNC(C)c1sc(-c2ccc(OC(C)C)cc2)nc1C. The molecule has 0 spiro atoms. The monoisotopic (exact) mass is 304 g/mol. The summed E-state index contributed by atoms with van der Waals surface area (Å²) in [6, 6.07) is 8.54. The van der Waals surface area contributed by atoms with E-state index in [4.69, 9.17) is 9.72 Å². The van der Waals surface area contributed by atoms with E-state index in [0.717, 1.165) is 28.6 Å². The van der Waals surface area contributed by atoms with Gasteiger partial charge in [0.15, 0.2) is 0 Å². The molecule has 1 aromatic carbocycles. The molecule has 1 aromatic heterocycles. The first-order valence-corrected chi connectivity index (χ1v) is 8.30. The standard InChI is InChI=1S/C17H24N2OS/c1-6-18-12(4)16-13(5)19-17(21-16)14-7-9-15(10-8-14)20-11(2)3/h7-12,18H,6H2,1-5H3. The number of thiazole rings is 1. The second-order valence-electron chi connectivity index (χ2n) is 5.44. The van der Waals surface area contributed by atoms with Gasteiger partial charge in [0.25, 0.3) is 0 Å². The normalized spacial score (nSPS) is 12.7. The molecule has 0 fully saturated rings. The van der Waals surface area contributed by atoms with Gasteiger partial charge in [-0.1, -0.05) is 6.92 Å². The second kappa shape index (κ2) is 7.05. The van der Waals surface area contributed by atoms with Crippen molar-refractivity contribution in [3.05, 3.63) is 34.8 Å². The molecule has 0 bridgehead atoms. The number of aryl methyl sites for hydroxylation is 1. The van der Waals surface area contributed by atoms with Gasteiger partial charge in [-0.15, -0.1) is 11.3 Å². The lowest BCUT2D eigenvalue weighted by Gasteiger charge is -2.10. The number of rotatable bonds is 6. The van der Waals surface area contributed by atoms with Crippen molar-refractivity contribution in [2.75, 3.05) is 6.54 Å². The zero-order valence-electron chi connectivity index (χ0n) is 13.4. The minimum atomic E-state index is 0.200. The van der Waals surface area contributed by atoms with Gasteiger partial charge >= 0.3 is 0 Å². The zero-order valence-corrected chi connectivity index (χ0v) is 14.3. The molecule has 3 nitrogen and oxygen atoms in total. The largest absolute Gasteiger partial charge is 0.491 e. The Labute approximate surface area is 131 Å². The van der Waals surface area contributed by atoms with E-state index in [0.29, 0.717) is 6.04 Å². The summed E-state index contributed by atoms with van der Waals surface area (Å²) >= 11 is 1.77. The van der Waals surface area contributed by atoms with E-state index in [-0.39, 0.29) is 6.10 Å². The Hall–Kier alpha value is -1.39. The van der Waals surface area contributed by atoms with Crippen LogP contribution in [0.25, 0.3) is 10.6 Å². The average Bonchev–Trinajstić information content (AvgIpc) is 2.81. The van der Waals surface area contributed by atoms with Crippen molar-refractivity contribution in [1.82, 2.24) is 10.3 Å². The highest BCUT2D eigenvalue weighted by Gasteiger charge is 2.14. The molecule has 1 heterocycles. The van der Waals surface area contributed by atoms with Crippen LogP contribution in [0.5, 0.6) is 5.75 Å². The maximum absolute atomic E-state index is 5.68. The number of hydrogen-bond acceptors (Lipinski definition) is 4. The summed E-state index contributed by atoms with van der Waals surface area (Å²) in [6.45, 7) is 11.4. The van der Waals surface area contributed by atoms with E-state index in [2.05, 4.69) is 38.2 Å². The van der Waals surface area contributed by atoms with Crippen molar-refractivity contribution in [2.24, 2.45) is 0 Å². The van der Waals surface area contributed by atoms with Crippen LogP contribution < -0.4 is 10.1 Å². The first-order valence-electron chi connectivity index (χ1n) is 7.49. The molecular formula is C17H24N2OS. The molecule has 0 aliphatic heterocycles. The first-order chi connectivity index (χ1) is 10.0. The molecular weight excluding hydrogens is 280 g/mol. The third kappa shape index (κ3) is 4.05. The third-order valence-electron chi connectivity index (χ3n) is 3.21. The van der Waals surface area contributed by atoms with Gasteiger partial charge in [0.1, 0.15) is 10.8 Å². The molecule has 0 amide bonds. The lowest BCUT2D eigenvalue weighted by molar-refractivity contribution is 0.242. The summed E-state index contributed by atoms with van der Waals surface area (Å²) in [7, 11) is 0. The number of nitrogens with one attached hydrogen (secondary N) is 1. The number of aromatic nitrogens is 1. The molecule has 114 valence electrons. The minimum Gasteiger partial charge on any atom is -0.491 e. The maximum atomic E-state index is 5.68. The van der Waals surface area contributed by atoms with Gasteiger partial charge in [-0.25, -0.2) is 4.98 Å². The van der Waals surface area contributed by atoms with E-state index < -0.39 is 0 Å². The quantitative estimate of drug-likeness (QED) is 0.848. The Bertz CT molecular complexity index is 575. The van der Waals surface area contributed by atoms with Gasteiger partial charge in [-0.2, -0.15) is 0 Å². The molecule has 0 radical (unpaired) electrons. The van der Waals surface area contributed by atoms with Crippen molar-refractivity contribution < 1.29 is 4.74 Å². The van der Waals surface area contributed by atoms with Gasteiger partial charge in [-0.05, 0) is 58.5 Å². The van der Waals surface area contributed by atoms with Crippen LogP contribution in [0.15, 0.2) is 24.3 Å². The van der Waals surface area contributed by atoms with Crippen LogP contribution in [0.1, 0.15) is 44.3 Å². The lowest BCUT2D eigenvalue weighted by Crippen LogP contribution is -2.17. The second-order valence-corrected chi connectivity index (χ2v) is 6.47. The Morgan fingerprint density at radius 1 is 1.19 bits per heavy atom. The molecule has 1 atom stereocenters. The number of benzene rings is 1. The van der Waals surface area contributed by atoms with Gasteiger partial charge in [0, 0.05) is 16.5 Å². The Morgan fingerprint density at radius 2 is 1.86 bits per heavy atom. The minimum absolute atomic E-state index is 0.200. The molecule has 0 aliphatic rings. The van der Waals surface area contributed by atoms with Gasteiger partial charge in [0.2, 0.25) is 0 Å². The van der Waals surface area contributed by atoms with Crippen molar-refractivity contribution >= 4 is 11.3 Å². The molecule has 0 aliphatic carbocycles. The fraction of sp³-hybridized carbons (Fsp3) is 0.471. The molecule has 4 heteroatoms. The van der Waals surface area contributed by atoms with Crippen LogP contribution in [0.2, 0.25) is 0 Å². The van der Waals surface area contributed by atoms with Crippen molar-refractivity contribution in [3.8, 4) is 16.3 Å². The summed E-state index contributed by atoms with van der Waals surface area (Å²) in [4.78, 5) is 6.03.